The molecule has 0 aliphatic carbocycles. The van der Waals surface area contributed by atoms with E-state index >= 15 is 0 Å². The van der Waals surface area contributed by atoms with Crippen molar-refractivity contribution in [3.8, 4) is 11.5 Å². The van der Waals surface area contributed by atoms with Crippen LogP contribution in [0.4, 0.5) is 0 Å². The summed E-state index contributed by atoms with van der Waals surface area (Å²) in [6.45, 7) is 0. The molecule has 100 valence electrons. The quantitative estimate of drug-likeness (QED) is 0.874. The topological polar surface area (TPSA) is 67.2 Å². The Kier molecular flexibility index (Phi) is 2.39. The molecule has 1 unspecified atom stereocenters. The lowest BCUT2D eigenvalue weighted by Crippen LogP contribution is -2.47. The van der Waals surface area contributed by atoms with E-state index in [1.807, 2.05) is 30.3 Å². The number of carbonyl (C=O) groups is 1. The van der Waals surface area contributed by atoms with Crippen LogP contribution in [0.2, 0.25) is 0 Å². The minimum Gasteiger partial charge on any atom is -0.439 e. The van der Waals surface area contributed by atoms with Crippen molar-refractivity contribution in [3.63, 3.8) is 0 Å². The van der Waals surface area contributed by atoms with E-state index in [4.69, 9.17) is 4.42 Å². The lowest BCUT2D eigenvalue weighted by atomic mass is 9.97. The maximum absolute atomic E-state index is 11.4. The zero-order chi connectivity index (χ0) is 13.5. The summed E-state index contributed by atoms with van der Waals surface area (Å²) in [6.07, 6.45) is 3.49. The van der Waals surface area contributed by atoms with Gasteiger partial charge in [0.25, 0.3) is 5.91 Å². The number of rotatable bonds is 2. The second-order valence-corrected chi connectivity index (χ2v) is 4.98. The third kappa shape index (κ3) is 1.71. The van der Waals surface area contributed by atoms with Crippen LogP contribution in [0.3, 0.4) is 0 Å². The van der Waals surface area contributed by atoms with Crippen LogP contribution in [0.1, 0.15) is 24.6 Å². The second kappa shape index (κ2) is 4.23. The first-order valence-corrected chi connectivity index (χ1v) is 6.63. The van der Waals surface area contributed by atoms with Crippen LogP contribution in [0, 0.1) is 0 Å². The summed E-state index contributed by atoms with van der Waals surface area (Å²) < 4.78 is 5.82. The highest BCUT2D eigenvalue weighted by Crippen LogP contribution is 2.32. The smallest absolute Gasteiger partial charge is 0.273 e. The van der Waals surface area contributed by atoms with Gasteiger partial charge in [0.05, 0.1) is 12.2 Å². The van der Waals surface area contributed by atoms with Crippen LogP contribution in [-0.2, 0) is 4.79 Å². The van der Waals surface area contributed by atoms with E-state index in [0.717, 1.165) is 29.9 Å². The number of carbonyl (C=O) groups excluding carboxylic acids is 1. The molecular weight excluding hydrogens is 254 g/mol. The van der Waals surface area contributed by atoms with Crippen molar-refractivity contribution < 1.29 is 9.21 Å². The van der Waals surface area contributed by atoms with Crippen molar-refractivity contribution in [1.29, 1.82) is 0 Å². The molecule has 20 heavy (non-hydrogen) atoms. The number of allylic oxidation sites excluding steroid dienone is 1. The molecule has 2 aliphatic rings. The molecular formula is C15H13N3O2. The number of nitrogens with one attached hydrogen (secondary N) is 2. The maximum Gasteiger partial charge on any atom is 0.273 e. The zero-order valence-electron chi connectivity index (χ0n) is 10.7. The van der Waals surface area contributed by atoms with Crippen LogP contribution in [-0.4, -0.2) is 10.9 Å². The molecule has 5 heteroatoms. The van der Waals surface area contributed by atoms with Crippen LogP contribution >= 0.6 is 0 Å². The van der Waals surface area contributed by atoms with Crippen LogP contribution in [0.25, 0.3) is 11.5 Å². The zero-order valence-corrected chi connectivity index (χ0v) is 10.7. The molecule has 4 rings (SSSR count). The van der Waals surface area contributed by atoms with Gasteiger partial charge in [0.15, 0.2) is 0 Å². The van der Waals surface area contributed by atoms with E-state index in [2.05, 4.69) is 15.6 Å². The largest absolute Gasteiger partial charge is 0.439 e. The van der Waals surface area contributed by atoms with Gasteiger partial charge in [0, 0.05) is 11.3 Å². The minimum atomic E-state index is -0.0347. The van der Waals surface area contributed by atoms with Crippen molar-refractivity contribution in [1.82, 2.24) is 15.6 Å². The lowest BCUT2D eigenvalue weighted by molar-refractivity contribution is -0.119. The molecule has 0 saturated heterocycles. The molecule has 1 aromatic carbocycles. The van der Waals surface area contributed by atoms with Gasteiger partial charge in [-0.3, -0.25) is 4.79 Å². The Labute approximate surface area is 115 Å². The number of oxazole rings is 1. The van der Waals surface area contributed by atoms with Crippen LogP contribution in [0.5, 0.6) is 0 Å². The average Bonchev–Trinajstić information content (AvgIpc) is 2.97. The van der Waals surface area contributed by atoms with E-state index in [1.54, 1.807) is 6.20 Å². The molecule has 0 saturated carbocycles. The Bertz CT molecular complexity index is 703. The predicted molar refractivity (Wildman–Crippen MR) is 72.2 cm³/mol. The highest BCUT2D eigenvalue weighted by Gasteiger charge is 2.34. The van der Waals surface area contributed by atoms with Gasteiger partial charge in [-0.15, -0.1) is 0 Å². The summed E-state index contributed by atoms with van der Waals surface area (Å²) in [5, 5.41) is 6.00. The Morgan fingerprint density at radius 3 is 2.90 bits per heavy atom. The Hall–Kier alpha value is -2.56. The summed E-state index contributed by atoms with van der Waals surface area (Å²) >= 11 is 0. The van der Waals surface area contributed by atoms with Crippen molar-refractivity contribution in [2.45, 2.75) is 18.9 Å². The molecule has 3 heterocycles. The molecule has 0 fully saturated rings. The Morgan fingerprint density at radius 1 is 1.25 bits per heavy atom. The number of amides is 1. The van der Waals surface area contributed by atoms with E-state index in [0.29, 0.717) is 11.6 Å². The highest BCUT2D eigenvalue weighted by atomic mass is 16.4. The molecule has 5 nitrogen and oxygen atoms in total. The van der Waals surface area contributed by atoms with Gasteiger partial charge in [-0.25, -0.2) is 4.98 Å². The molecule has 0 radical (unpaired) electrons. The lowest BCUT2D eigenvalue weighted by Gasteiger charge is -2.33. The standard InChI is InChI=1S/C15H13N3O2/c19-14-13-11(18-14)7-6-10(17-13)12-8-16-15(20-12)9-4-2-1-3-5-9/h1-5,8,10,17H,6-7H2,(H,18,19). The molecule has 2 aliphatic heterocycles. The molecule has 1 atom stereocenters. The fraction of sp³-hybridized carbons (Fsp3) is 0.200. The molecule has 1 amide bonds. The highest BCUT2D eigenvalue weighted by molar-refractivity contribution is 6.01. The molecule has 0 spiro atoms. The Morgan fingerprint density at radius 2 is 2.10 bits per heavy atom. The number of hydrogen-bond donors (Lipinski definition) is 2. The molecule has 1 aromatic heterocycles. The normalized spacial score (nSPS) is 20.8. The van der Waals surface area contributed by atoms with Crippen molar-refractivity contribution in [3.05, 3.63) is 53.7 Å². The van der Waals surface area contributed by atoms with Gasteiger partial charge in [-0.05, 0) is 25.0 Å². The first-order valence-electron chi connectivity index (χ1n) is 6.63. The van der Waals surface area contributed by atoms with Gasteiger partial charge in [-0.2, -0.15) is 0 Å². The van der Waals surface area contributed by atoms with Gasteiger partial charge < -0.3 is 15.1 Å². The van der Waals surface area contributed by atoms with Gasteiger partial charge in [0.1, 0.15) is 11.5 Å². The van der Waals surface area contributed by atoms with Crippen molar-refractivity contribution >= 4 is 5.91 Å². The summed E-state index contributed by atoms with van der Waals surface area (Å²) in [6, 6.07) is 9.80. The summed E-state index contributed by atoms with van der Waals surface area (Å²) in [7, 11) is 0. The van der Waals surface area contributed by atoms with Crippen LogP contribution < -0.4 is 10.6 Å². The van der Waals surface area contributed by atoms with Gasteiger partial charge in [0.2, 0.25) is 5.89 Å². The third-order valence-electron chi connectivity index (χ3n) is 3.68. The first kappa shape index (κ1) is 11.3. The van der Waals surface area contributed by atoms with E-state index in [1.165, 1.54) is 0 Å². The number of benzene rings is 1. The van der Waals surface area contributed by atoms with E-state index in [9.17, 15) is 4.79 Å². The predicted octanol–water partition coefficient (Wildman–Crippen LogP) is 2.11. The Balaban J connectivity index is 1.59. The average molecular weight is 267 g/mol. The van der Waals surface area contributed by atoms with Crippen molar-refractivity contribution in [2.75, 3.05) is 0 Å². The summed E-state index contributed by atoms with van der Waals surface area (Å²) in [5.74, 6) is 1.35. The summed E-state index contributed by atoms with van der Waals surface area (Å²) in [5.41, 5.74) is 2.66. The monoisotopic (exact) mass is 267 g/mol. The SMILES string of the molecule is O=C1NC2=C1NC(c1cnc(-c3ccccc3)o1)CC2. The van der Waals surface area contributed by atoms with E-state index < -0.39 is 0 Å². The molecule has 2 aromatic rings. The first-order chi connectivity index (χ1) is 9.81. The van der Waals surface area contributed by atoms with Gasteiger partial charge in [-0.1, -0.05) is 18.2 Å². The molecule has 0 bridgehead atoms. The minimum absolute atomic E-state index is 0.0183. The van der Waals surface area contributed by atoms with Crippen LogP contribution in [0.15, 0.2) is 52.3 Å². The number of nitrogens with zero attached hydrogens (tertiary/aromatic N) is 1. The number of hydrogen-bond acceptors (Lipinski definition) is 4. The van der Waals surface area contributed by atoms with Crippen molar-refractivity contribution in [2.24, 2.45) is 0 Å². The molecule has 2 N–H and O–H groups in total. The third-order valence-corrected chi connectivity index (χ3v) is 3.68. The summed E-state index contributed by atoms with van der Waals surface area (Å²) in [4.78, 5) is 15.7. The maximum atomic E-state index is 11.4. The number of aromatic nitrogens is 1. The fourth-order valence-electron chi connectivity index (χ4n) is 2.59. The fourth-order valence-corrected chi connectivity index (χ4v) is 2.59. The second-order valence-electron chi connectivity index (χ2n) is 4.98. The van der Waals surface area contributed by atoms with Gasteiger partial charge >= 0.3 is 0 Å². The van der Waals surface area contributed by atoms with E-state index in [-0.39, 0.29) is 11.9 Å².